The number of hydrogen-bond acceptors (Lipinski definition) is 5. The standard InChI is InChI=1S/C21H20ClN3O4S/c1-15-12-19(30(27,28)25-17-7-5-16(22)6-8-17)9-10-20(15)29-14-21(26)24-13-18-4-2-3-11-23-18/h2-12,25H,13-14H2,1H3,(H,24,26). The molecule has 0 saturated carbocycles. The molecule has 0 aliphatic heterocycles. The molecule has 3 aromatic rings. The first kappa shape index (κ1) is 21.6. The molecular formula is C21H20ClN3O4S. The average Bonchev–Trinajstić information content (AvgIpc) is 2.73. The normalized spacial score (nSPS) is 11.0. The molecule has 1 heterocycles. The van der Waals surface area contributed by atoms with E-state index in [9.17, 15) is 13.2 Å². The van der Waals surface area contributed by atoms with Crippen LogP contribution >= 0.6 is 11.6 Å². The van der Waals surface area contributed by atoms with E-state index >= 15 is 0 Å². The molecule has 7 nitrogen and oxygen atoms in total. The number of benzene rings is 2. The van der Waals surface area contributed by atoms with E-state index in [4.69, 9.17) is 16.3 Å². The number of aryl methyl sites for hydroxylation is 1. The number of rotatable bonds is 8. The molecule has 0 aliphatic rings. The molecule has 1 aromatic heterocycles. The summed E-state index contributed by atoms with van der Waals surface area (Å²) in [6, 6.07) is 16.2. The molecule has 2 aromatic carbocycles. The first-order chi connectivity index (χ1) is 14.3. The molecule has 3 rings (SSSR count). The van der Waals surface area contributed by atoms with Gasteiger partial charge in [0.05, 0.1) is 17.1 Å². The number of nitrogens with one attached hydrogen (secondary N) is 2. The van der Waals surface area contributed by atoms with Crippen LogP contribution < -0.4 is 14.8 Å². The van der Waals surface area contributed by atoms with E-state index in [2.05, 4.69) is 15.0 Å². The van der Waals surface area contributed by atoms with Gasteiger partial charge in [0, 0.05) is 16.9 Å². The van der Waals surface area contributed by atoms with Crippen molar-refractivity contribution in [3.63, 3.8) is 0 Å². The molecule has 0 saturated heterocycles. The number of carbonyl (C=O) groups excluding carboxylic acids is 1. The van der Waals surface area contributed by atoms with Crippen molar-refractivity contribution in [2.75, 3.05) is 11.3 Å². The molecule has 0 fully saturated rings. The van der Waals surface area contributed by atoms with Gasteiger partial charge < -0.3 is 10.1 Å². The van der Waals surface area contributed by atoms with E-state index in [0.29, 0.717) is 28.6 Å². The Labute approximate surface area is 180 Å². The minimum atomic E-state index is -3.77. The number of carbonyl (C=O) groups is 1. The van der Waals surface area contributed by atoms with Crippen molar-refractivity contribution in [2.24, 2.45) is 0 Å². The Bertz CT molecular complexity index is 1120. The Kier molecular flexibility index (Phi) is 6.91. The summed E-state index contributed by atoms with van der Waals surface area (Å²) in [6.07, 6.45) is 1.65. The fourth-order valence-electron chi connectivity index (χ4n) is 2.57. The predicted octanol–water partition coefficient (Wildman–Crippen LogP) is 3.54. The number of anilines is 1. The smallest absolute Gasteiger partial charge is 0.261 e. The number of sulfonamides is 1. The monoisotopic (exact) mass is 445 g/mol. The molecule has 0 unspecified atom stereocenters. The van der Waals surface area contributed by atoms with E-state index in [1.165, 1.54) is 18.2 Å². The van der Waals surface area contributed by atoms with Gasteiger partial charge in [-0.3, -0.25) is 14.5 Å². The maximum Gasteiger partial charge on any atom is 0.261 e. The van der Waals surface area contributed by atoms with Gasteiger partial charge in [-0.15, -0.1) is 0 Å². The molecular weight excluding hydrogens is 426 g/mol. The van der Waals surface area contributed by atoms with Crippen LogP contribution in [0.2, 0.25) is 5.02 Å². The molecule has 0 aliphatic carbocycles. The summed E-state index contributed by atoms with van der Waals surface area (Å²) in [5, 5.41) is 3.23. The van der Waals surface area contributed by atoms with Gasteiger partial charge in [0.1, 0.15) is 5.75 Å². The van der Waals surface area contributed by atoms with Crippen LogP contribution in [0.4, 0.5) is 5.69 Å². The molecule has 30 heavy (non-hydrogen) atoms. The number of ether oxygens (including phenoxy) is 1. The lowest BCUT2D eigenvalue weighted by molar-refractivity contribution is -0.123. The third-order valence-corrected chi connectivity index (χ3v) is 5.74. The van der Waals surface area contributed by atoms with Gasteiger partial charge in [-0.25, -0.2) is 8.42 Å². The highest BCUT2D eigenvalue weighted by Crippen LogP contribution is 2.24. The number of amides is 1. The minimum absolute atomic E-state index is 0.0851. The maximum atomic E-state index is 12.6. The van der Waals surface area contributed by atoms with Crippen molar-refractivity contribution < 1.29 is 17.9 Å². The molecule has 156 valence electrons. The van der Waals surface area contributed by atoms with Crippen LogP contribution in [0.1, 0.15) is 11.3 Å². The zero-order valence-corrected chi connectivity index (χ0v) is 17.7. The molecule has 1 amide bonds. The van der Waals surface area contributed by atoms with Gasteiger partial charge >= 0.3 is 0 Å². The summed E-state index contributed by atoms with van der Waals surface area (Å²) in [7, 11) is -3.77. The van der Waals surface area contributed by atoms with Crippen molar-refractivity contribution >= 4 is 33.2 Å². The summed E-state index contributed by atoms with van der Waals surface area (Å²) in [4.78, 5) is 16.2. The largest absolute Gasteiger partial charge is 0.484 e. The van der Waals surface area contributed by atoms with Crippen molar-refractivity contribution in [3.05, 3.63) is 83.1 Å². The number of nitrogens with zero attached hydrogens (tertiary/aromatic N) is 1. The van der Waals surface area contributed by atoms with Crippen LogP contribution in [0.3, 0.4) is 0 Å². The summed E-state index contributed by atoms with van der Waals surface area (Å²) < 4.78 is 33.2. The van der Waals surface area contributed by atoms with Gasteiger partial charge in [-0.2, -0.15) is 0 Å². The summed E-state index contributed by atoms with van der Waals surface area (Å²) in [6.45, 7) is 1.82. The number of aromatic nitrogens is 1. The number of halogens is 1. The lowest BCUT2D eigenvalue weighted by Crippen LogP contribution is -2.28. The highest BCUT2D eigenvalue weighted by atomic mass is 35.5. The van der Waals surface area contributed by atoms with Crippen LogP contribution in [0.15, 0.2) is 71.8 Å². The van der Waals surface area contributed by atoms with E-state index in [-0.39, 0.29) is 17.4 Å². The van der Waals surface area contributed by atoms with Gasteiger partial charge in [-0.05, 0) is 67.1 Å². The fraction of sp³-hybridized carbons (Fsp3) is 0.143. The number of pyridine rings is 1. The summed E-state index contributed by atoms with van der Waals surface area (Å²) >= 11 is 5.82. The molecule has 2 N–H and O–H groups in total. The minimum Gasteiger partial charge on any atom is -0.484 e. The van der Waals surface area contributed by atoms with Crippen molar-refractivity contribution in [1.29, 1.82) is 0 Å². The van der Waals surface area contributed by atoms with Crippen molar-refractivity contribution in [1.82, 2.24) is 10.3 Å². The second kappa shape index (κ2) is 9.60. The SMILES string of the molecule is Cc1cc(S(=O)(=O)Nc2ccc(Cl)cc2)ccc1OCC(=O)NCc1ccccn1. The van der Waals surface area contributed by atoms with Gasteiger partial charge in [0.15, 0.2) is 6.61 Å². The molecule has 0 spiro atoms. The Morgan fingerprint density at radius 2 is 1.87 bits per heavy atom. The Balaban J connectivity index is 1.59. The van der Waals surface area contributed by atoms with Crippen molar-refractivity contribution in [3.8, 4) is 5.75 Å². The first-order valence-electron chi connectivity index (χ1n) is 9.02. The fourth-order valence-corrected chi connectivity index (χ4v) is 3.84. The average molecular weight is 446 g/mol. The van der Waals surface area contributed by atoms with Crippen LogP contribution in [0.25, 0.3) is 0 Å². The zero-order valence-electron chi connectivity index (χ0n) is 16.1. The second-order valence-electron chi connectivity index (χ2n) is 6.43. The van der Waals surface area contributed by atoms with Crippen LogP contribution in [-0.4, -0.2) is 25.9 Å². The topological polar surface area (TPSA) is 97.4 Å². The Hall–Kier alpha value is -3.10. The van der Waals surface area contributed by atoms with E-state index in [1.54, 1.807) is 43.5 Å². The third-order valence-electron chi connectivity index (χ3n) is 4.10. The lowest BCUT2D eigenvalue weighted by Gasteiger charge is -2.12. The van der Waals surface area contributed by atoms with Crippen molar-refractivity contribution in [2.45, 2.75) is 18.4 Å². The van der Waals surface area contributed by atoms with E-state index in [1.807, 2.05) is 12.1 Å². The van der Waals surface area contributed by atoms with Crippen LogP contribution in [0, 0.1) is 6.92 Å². The van der Waals surface area contributed by atoms with Gasteiger partial charge in [-0.1, -0.05) is 17.7 Å². The molecule has 0 bridgehead atoms. The summed E-state index contributed by atoms with van der Waals surface area (Å²) in [5.74, 6) is 0.120. The Morgan fingerprint density at radius 1 is 1.10 bits per heavy atom. The first-order valence-corrected chi connectivity index (χ1v) is 10.9. The summed E-state index contributed by atoms with van der Waals surface area (Å²) in [5.41, 5.74) is 1.73. The highest BCUT2D eigenvalue weighted by Gasteiger charge is 2.16. The second-order valence-corrected chi connectivity index (χ2v) is 8.55. The van der Waals surface area contributed by atoms with Gasteiger partial charge in [0.2, 0.25) is 0 Å². The third kappa shape index (κ3) is 5.95. The quantitative estimate of drug-likeness (QED) is 0.552. The van der Waals surface area contributed by atoms with Crippen LogP contribution in [0.5, 0.6) is 5.75 Å². The van der Waals surface area contributed by atoms with Crippen LogP contribution in [-0.2, 0) is 21.4 Å². The Morgan fingerprint density at radius 3 is 2.53 bits per heavy atom. The van der Waals surface area contributed by atoms with E-state index < -0.39 is 10.0 Å². The lowest BCUT2D eigenvalue weighted by atomic mass is 10.2. The predicted molar refractivity (Wildman–Crippen MR) is 115 cm³/mol. The molecule has 0 radical (unpaired) electrons. The highest BCUT2D eigenvalue weighted by molar-refractivity contribution is 7.92. The molecule has 9 heteroatoms. The molecule has 0 atom stereocenters. The zero-order chi connectivity index (χ0) is 21.6. The van der Waals surface area contributed by atoms with Gasteiger partial charge in [0.25, 0.3) is 15.9 Å². The number of hydrogen-bond donors (Lipinski definition) is 2. The van der Waals surface area contributed by atoms with E-state index in [0.717, 1.165) is 5.69 Å². The maximum absolute atomic E-state index is 12.6.